The van der Waals surface area contributed by atoms with Gasteiger partial charge < -0.3 is 16.5 Å². The van der Waals surface area contributed by atoms with E-state index in [1.165, 1.54) is 0 Å². The van der Waals surface area contributed by atoms with Crippen LogP contribution >= 0.6 is 0 Å². The number of pyridine rings is 1. The molecule has 5 N–H and O–H groups in total. The third kappa shape index (κ3) is 1.63. The first-order valence-corrected chi connectivity index (χ1v) is 5.42. The number of nitrogens with one attached hydrogen (secondary N) is 1. The van der Waals surface area contributed by atoms with Crippen LogP contribution in [-0.4, -0.2) is 21.5 Å². The van der Waals surface area contributed by atoms with Gasteiger partial charge in [-0.3, -0.25) is 0 Å². The van der Waals surface area contributed by atoms with Crippen LogP contribution in [0.15, 0.2) is 12.1 Å². The molecule has 0 aliphatic carbocycles. The molecule has 2 aromatic rings. The van der Waals surface area contributed by atoms with Crippen LogP contribution in [-0.2, 0) is 5.41 Å². The van der Waals surface area contributed by atoms with Crippen molar-refractivity contribution < 1.29 is 0 Å². The van der Waals surface area contributed by atoms with Crippen LogP contribution in [0, 0.1) is 0 Å². The molecule has 2 rings (SSSR count). The summed E-state index contributed by atoms with van der Waals surface area (Å²) in [5.74, 6) is 1.36. The van der Waals surface area contributed by atoms with Gasteiger partial charge in [-0.2, -0.15) is 0 Å². The van der Waals surface area contributed by atoms with Gasteiger partial charge in [0.05, 0.1) is 5.52 Å². The van der Waals surface area contributed by atoms with Crippen molar-refractivity contribution in [1.29, 1.82) is 0 Å². The molecule has 0 aliphatic heterocycles. The maximum Gasteiger partial charge on any atom is 0.179 e. The molecule has 16 heavy (non-hydrogen) atoms. The van der Waals surface area contributed by atoms with Crippen LogP contribution in [0.25, 0.3) is 11.2 Å². The van der Waals surface area contributed by atoms with E-state index in [0.29, 0.717) is 18.0 Å². The van der Waals surface area contributed by atoms with E-state index in [9.17, 15) is 0 Å². The average molecular weight is 219 g/mol. The number of rotatable bonds is 3. The fourth-order valence-corrected chi connectivity index (χ4v) is 1.60. The number of imidazole rings is 1. The summed E-state index contributed by atoms with van der Waals surface area (Å²) in [6.45, 7) is 4.74. The van der Waals surface area contributed by atoms with Gasteiger partial charge in [0.2, 0.25) is 0 Å². The standard InChI is InChI=1S/C11H17N5/c1-3-11(2,6-12)10-14-7-4-5-8(13)15-9(7)16-10/h4-5H,3,6,12H2,1-2H3,(H3,13,14,15,16). The number of nitrogens with two attached hydrogens (primary N) is 2. The fraction of sp³-hybridized carbons (Fsp3) is 0.455. The van der Waals surface area contributed by atoms with Crippen LogP contribution in [0.3, 0.4) is 0 Å². The van der Waals surface area contributed by atoms with Crippen LogP contribution in [0.1, 0.15) is 26.1 Å². The molecule has 0 fully saturated rings. The molecule has 1 atom stereocenters. The first-order chi connectivity index (χ1) is 7.59. The monoisotopic (exact) mass is 219 g/mol. The zero-order valence-corrected chi connectivity index (χ0v) is 9.62. The first kappa shape index (κ1) is 10.9. The van der Waals surface area contributed by atoms with E-state index in [4.69, 9.17) is 11.5 Å². The molecule has 1 unspecified atom stereocenters. The lowest BCUT2D eigenvalue weighted by Gasteiger charge is -2.23. The van der Waals surface area contributed by atoms with E-state index in [1.54, 1.807) is 6.07 Å². The summed E-state index contributed by atoms with van der Waals surface area (Å²) >= 11 is 0. The maximum atomic E-state index is 5.80. The van der Waals surface area contributed by atoms with Crippen molar-refractivity contribution in [1.82, 2.24) is 15.0 Å². The normalized spacial score (nSPS) is 15.2. The zero-order valence-electron chi connectivity index (χ0n) is 9.62. The van der Waals surface area contributed by atoms with Gasteiger partial charge in [0, 0.05) is 12.0 Å². The molecule has 5 nitrogen and oxygen atoms in total. The number of aromatic nitrogens is 3. The zero-order chi connectivity index (χ0) is 11.8. The molecule has 0 amide bonds. The van der Waals surface area contributed by atoms with Crippen LogP contribution in [0.5, 0.6) is 0 Å². The van der Waals surface area contributed by atoms with Gasteiger partial charge >= 0.3 is 0 Å². The molecular weight excluding hydrogens is 202 g/mol. The van der Waals surface area contributed by atoms with Crippen molar-refractivity contribution in [2.75, 3.05) is 12.3 Å². The topological polar surface area (TPSA) is 93.6 Å². The number of anilines is 1. The highest BCUT2D eigenvalue weighted by molar-refractivity contribution is 5.72. The number of fused-ring (bicyclic) bond motifs is 1. The molecule has 0 spiro atoms. The predicted molar refractivity (Wildman–Crippen MR) is 65.0 cm³/mol. The van der Waals surface area contributed by atoms with Gasteiger partial charge in [0.25, 0.3) is 0 Å². The minimum Gasteiger partial charge on any atom is -0.384 e. The molecule has 2 heterocycles. The maximum absolute atomic E-state index is 5.80. The summed E-state index contributed by atoms with van der Waals surface area (Å²) < 4.78 is 0. The Kier molecular flexibility index (Phi) is 2.55. The number of aromatic amines is 1. The Morgan fingerprint density at radius 2 is 2.12 bits per heavy atom. The molecule has 2 aromatic heterocycles. The smallest absolute Gasteiger partial charge is 0.179 e. The van der Waals surface area contributed by atoms with E-state index in [0.717, 1.165) is 17.8 Å². The lowest BCUT2D eigenvalue weighted by Crippen LogP contribution is -2.32. The molecule has 0 aromatic carbocycles. The van der Waals surface area contributed by atoms with E-state index < -0.39 is 0 Å². The number of H-pyrrole nitrogens is 1. The Hall–Kier alpha value is -1.62. The highest BCUT2D eigenvalue weighted by Gasteiger charge is 2.26. The highest BCUT2D eigenvalue weighted by atomic mass is 15.0. The Morgan fingerprint density at radius 1 is 1.38 bits per heavy atom. The summed E-state index contributed by atoms with van der Waals surface area (Å²) in [6, 6.07) is 3.65. The lowest BCUT2D eigenvalue weighted by atomic mass is 9.87. The van der Waals surface area contributed by atoms with Crippen LogP contribution in [0.4, 0.5) is 5.82 Å². The number of nitrogens with zero attached hydrogens (tertiary/aromatic N) is 2. The van der Waals surface area contributed by atoms with Gasteiger partial charge in [-0.1, -0.05) is 13.8 Å². The van der Waals surface area contributed by atoms with E-state index in [2.05, 4.69) is 28.8 Å². The predicted octanol–water partition coefficient (Wildman–Crippen LogP) is 1.17. The third-order valence-electron chi connectivity index (χ3n) is 3.17. The van der Waals surface area contributed by atoms with Crippen molar-refractivity contribution in [3.05, 3.63) is 18.0 Å². The average Bonchev–Trinajstić information content (AvgIpc) is 2.71. The molecular formula is C11H17N5. The largest absolute Gasteiger partial charge is 0.384 e. The lowest BCUT2D eigenvalue weighted by molar-refractivity contribution is 0.443. The second kappa shape index (κ2) is 3.75. The second-order valence-corrected chi connectivity index (χ2v) is 4.31. The van der Waals surface area contributed by atoms with Gasteiger partial charge in [-0.05, 0) is 18.6 Å². The van der Waals surface area contributed by atoms with E-state index in [1.807, 2.05) is 6.07 Å². The SMILES string of the molecule is CCC(C)(CN)c1nc2nc(N)ccc2[nH]1. The van der Waals surface area contributed by atoms with E-state index >= 15 is 0 Å². The summed E-state index contributed by atoms with van der Waals surface area (Å²) in [7, 11) is 0. The second-order valence-electron chi connectivity index (χ2n) is 4.31. The Bertz CT molecular complexity index is 498. The molecule has 0 saturated carbocycles. The summed E-state index contributed by atoms with van der Waals surface area (Å²) in [5, 5.41) is 0. The van der Waals surface area contributed by atoms with Crippen molar-refractivity contribution in [2.45, 2.75) is 25.7 Å². The minimum absolute atomic E-state index is 0.130. The molecule has 5 heteroatoms. The van der Waals surface area contributed by atoms with Gasteiger partial charge in [0.1, 0.15) is 11.6 Å². The fourth-order valence-electron chi connectivity index (χ4n) is 1.60. The number of hydrogen-bond donors (Lipinski definition) is 3. The summed E-state index contributed by atoms with van der Waals surface area (Å²) in [5.41, 5.74) is 12.8. The highest BCUT2D eigenvalue weighted by Crippen LogP contribution is 2.25. The molecule has 0 bridgehead atoms. The quantitative estimate of drug-likeness (QED) is 0.722. The third-order valence-corrected chi connectivity index (χ3v) is 3.17. The van der Waals surface area contributed by atoms with Crippen LogP contribution in [0.2, 0.25) is 0 Å². The first-order valence-electron chi connectivity index (χ1n) is 5.42. The molecule has 86 valence electrons. The van der Waals surface area contributed by atoms with Crippen molar-refractivity contribution in [3.63, 3.8) is 0 Å². The molecule has 0 aliphatic rings. The van der Waals surface area contributed by atoms with Gasteiger partial charge in [0.15, 0.2) is 5.65 Å². The van der Waals surface area contributed by atoms with Gasteiger partial charge in [-0.25, -0.2) is 9.97 Å². The molecule has 0 radical (unpaired) electrons. The number of hydrogen-bond acceptors (Lipinski definition) is 4. The Balaban J connectivity index is 2.54. The van der Waals surface area contributed by atoms with Crippen molar-refractivity contribution in [2.24, 2.45) is 5.73 Å². The Morgan fingerprint density at radius 3 is 2.75 bits per heavy atom. The van der Waals surface area contributed by atoms with Gasteiger partial charge in [-0.15, -0.1) is 0 Å². The van der Waals surface area contributed by atoms with E-state index in [-0.39, 0.29) is 5.41 Å². The van der Waals surface area contributed by atoms with Crippen molar-refractivity contribution in [3.8, 4) is 0 Å². The Labute approximate surface area is 94.3 Å². The summed E-state index contributed by atoms with van der Waals surface area (Å²) in [6.07, 6.45) is 0.929. The van der Waals surface area contributed by atoms with Crippen LogP contribution < -0.4 is 11.5 Å². The number of nitrogen functional groups attached to an aromatic ring is 1. The summed E-state index contributed by atoms with van der Waals surface area (Å²) in [4.78, 5) is 11.9. The van der Waals surface area contributed by atoms with Crippen molar-refractivity contribution >= 4 is 17.0 Å². The molecule has 0 saturated heterocycles. The minimum atomic E-state index is -0.130.